The highest BCUT2D eigenvalue weighted by molar-refractivity contribution is 5.82. The van der Waals surface area contributed by atoms with Gasteiger partial charge in [0.25, 0.3) is 0 Å². The second kappa shape index (κ2) is 14.4. The van der Waals surface area contributed by atoms with Crippen LogP contribution in [0.4, 0.5) is 0 Å². The number of nitrogens with zero attached hydrogens (tertiary/aromatic N) is 2. The van der Waals surface area contributed by atoms with Gasteiger partial charge in [-0.3, -0.25) is 4.79 Å². The largest absolute Gasteiger partial charge is 0.464 e. The molecule has 1 unspecified atom stereocenters. The minimum absolute atomic E-state index is 0.136. The summed E-state index contributed by atoms with van der Waals surface area (Å²) in [7, 11) is 3.90. The van der Waals surface area contributed by atoms with Gasteiger partial charge in [-0.05, 0) is 101 Å². The summed E-state index contributed by atoms with van der Waals surface area (Å²) in [6, 6.07) is 27.8. The highest BCUT2D eigenvalue weighted by atomic mass is 16.5. The predicted molar refractivity (Wildman–Crippen MR) is 168 cm³/mol. The summed E-state index contributed by atoms with van der Waals surface area (Å²) in [5.74, 6) is -0.107. The lowest BCUT2D eigenvalue weighted by Crippen LogP contribution is -2.44. The number of aliphatic hydroxyl groups excluding tert-OH is 1. The molecule has 226 valence electrons. The number of rotatable bonds is 13. The van der Waals surface area contributed by atoms with Crippen molar-refractivity contribution in [3.8, 4) is 0 Å². The summed E-state index contributed by atoms with van der Waals surface area (Å²) >= 11 is 0. The molecule has 6 nitrogen and oxygen atoms in total. The van der Waals surface area contributed by atoms with Crippen molar-refractivity contribution in [1.82, 2.24) is 9.80 Å². The molecule has 0 saturated carbocycles. The van der Waals surface area contributed by atoms with Crippen molar-refractivity contribution in [2.45, 2.75) is 56.7 Å². The van der Waals surface area contributed by atoms with Gasteiger partial charge in [-0.1, -0.05) is 84.9 Å². The number of likely N-dealkylation sites (tertiary alicyclic amines) is 1. The molecule has 0 aromatic heterocycles. The van der Waals surface area contributed by atoms with E-state index in [0.29, 0.717) is 19.6 Å². The molecule has 42 heavy (non-hydrogen) atoms. The highest BCUT2D eigenvalue weighted by Gasteiger charge is 2.41. The van der Waals surface area contributed by atoms with E-state index in [1.807, 2.05) is 118 Å². The molecule has 0 amide bonds. The van der Waals surface area contributed by atoms with E-state index >= 15 is 0 Å². The van der Waals surface area contributed by atoms with Crippen LogP contribution in [0, 0.1) is 5.92 Å². The van der Waals surface area contributed by atoms with Crippen LogP contribution in [0.25, 0.3) is 0 Å². The van der Waals surface area contributed by atoms with Gasteiger partial charge in [0.15, 0.2) is 0 Å². The SMILES string of the molecule is CN(C)CCOC(=O)C(C)(C)c1ccc(C(O)CCCN2CCC(C(O)(c3ccccc3)c3ccccc3)CC2)cc1. The number of carbonyl (C=O) groups is 1. The molecule has 0 spiro atoms. The minimum Gasteiger partial charge on any atom is -0.464 e. The number of likely N-dealkylation sites (N-methyl/N-ethyl adjacent to an activating group) is 1. The van der Waals surface area contributed by atoms with Crippen LogP contribution in [0.5, 0.6) is 0 Å². The average molecular weight is 573 g/mol. The average Bonchev–Trinajstić information content (AvgIpc) is 3.01. The fourth-order valence-corrected chi connectivity index (χ4v) is 6.01. The van der Waals surface area contributed by atoms with Gasteiger partial charge in [0.2, 0.25) is 0 Å². The number of esters is 1. The molecule has 1 heterocycles. The third kappa shape index (κ3) is 7.67. The number of carbonyl (C=O) groups excluding carboxylic acids is 1. The normalized spacial score (nSPS) is 16.0. The Kier molecular flexibility index (Phi) is 11.0. The van der Waals surface area contributed by atoms with Crippen molar-refractivity contribution in [2.24, 2.45) is 5.92 Å². The summed E-state index contributed by atoms with van der Waals surface area (Å²) in [4.78, 5) is 17.1. The number of aliphatic hydroxyl groups is 2. The van der Waals surface area contributed by atoms with Crippen LogP contribution >= 0.6 is 0 Å². The molecule has 2 N–H and O–H groups in total. The fraction of sp³-hybridized carbons (Fsp3) is 0.472. The minimum atomic E-state index is -1.01. The Labute approximate surface area is 251 Å². The molecule has 1 aliphatic heterocycles. The fourth-order valence-electron chi connectivity index (χ4n) is 6.01. The zero-order valence-electron chi connectivity index (χ0n) is 25.7. The summed E-state index contributed by atoms with van der Waals surface area (Å²) in [5.41, 5.74) is 1.89. The first-order chi connectivity index (χ1) is 20.1. The lowest BCUT2D eigenvalue weighted by Gasteiger charge is -2.42. The third-order valence-electron chi connectivity index (χ3n) is 8.86. The lowest BCUT2D eigenvalue weighted by atomic mass is 9.72. The van der Waals surface area contributed by atoms with E-state index in [2.05, 4.69) is 4.90 Å². The first kappa shape index (κ1) is 31.9. The first-order valence-corrected chi connectivity index (χ1v) is 15.3. The number of piperidine rings is 1. The van der Waals surface area contributed by atoms with Gasteiger partial charge in [-0.15, -0.1) is 0 Å². The Balaban J connectivity index is 1.27. The van der Waals surface area contributed by atoms with Crippen molar-refractivity contribution >= 4 is 5.97 Å². The van der Waals surface area contributed by atoms with Crippen molar-refractivity contribution in [3.05, 3.63) is 107 Å². The van der Waals surface area contributed by atoms with Crippen LogP contribution in [0.1, 0.15) is 67.9 Å². The Morgan fingerprint density at radius 3 is 1.98 bits per heavy atom. The molecule has 0 bridgehead atoms. The summed E-state index contributed by atoms with van der Waals surface area (Å²) < 4.78 is 5.48. The van der Waals surface area contributed by atoms with Crippen molar-refractivity contribution < 1.29 is 19.7 Å². The quantitative estimate of drug-likeness (QED) is 0.263. The Bertz CT molecular complexity index is 1200. The molecule has 1 atom stereocenters. The molecule has 1 fully saturated rings. The van der Waals surface area contributed by atoms with E-state index < -0.39 is 17.1 Å². The van der Waals surface area contributed by atoms with E-state index in [4.69, 9.17) is 4.74 Å². The van der Waals surface area contributed by atoms with Gasteiger partial charge in [0.05, 0.1) is 11.5 Å². The Morgan fingerprint density at radius 1 is 0.905 bits per heavy atom. The number of benzene rings is 3. The smallest absolute Gasteiger partial charge is 0.316 e. The Morgan fingerprint density at radius 2 is 1.45 bits per heavy atom. The van der Waals surface area contributed by atoms with E-state index in [1.165, 1.54) is 0 Å². The first-order valence-electron chi connectivity index (χ1n) is 15.3. The molecule has 3 aromatic rings. The maximum Gasteiger partial charge on any atom is 0.316 e. The molecule has 6 heteroatoms. The maximum atomic E-state index is 12.7. The molecule has 1 saturated heterocycles. The highest BCUT2D eigenvalue weighted by Crippen LogP contribution is 2.42. The molecule has 0 radical (unpaired) electrons. The topological polar surface area (TPSA) is 73.2 Å². The zero-order valence-corrected chi connectivity index (χ0v) is 25.7. The lowest BCUT2D eigenvalue weighted by molar-refractivity contribution is -0.149. The van der Waals surface area contributed by atoms with Gasteiger partial charge in [0.1, 0.15) is 12.2 Å². The third-order valence-corrected chi connectivity index (χ3v) is 8.86. The van der Waals surface area contributed by atoms with Crippen LogP contribution < -0.4 is 0 Å². The second-order valence-electron chi connectivity index (χ2n) is 12.5. The van der Waals surface area contributed by atoms with Crippen molar-refractivity contribution in [2.75, 3.05) is 46.9 Å². The van der Waals surface area contributed by atoms with E-state index in [1.54, 1.807) is 0 Å². The van der Waals surface area contributed by atoms with E-state index in [-0.39, 0.29) is 11.9 Å². The molecule has 0 aliphatic carbocycles. The van der Waals surface area contributed by atoms with E-state index in [0.717, 1.165) is 61.2 Å². The van der Waals surface area contributed by atoms with E-state index in [9.17, 15) is 15.0 Å². The molecular weight excluding hydrogens is 524 g/mol. The zero-order chi connectivity index (χ0) is 30.2. The standard InChI is InChI=1S/C36H48N2O4/c1-35(2,34(40)42-27-26-37(3)4)29-19-17-28(18-20-29)33(39)16-11-23-38-24-21-32(22-25-38)36(41,30-12-7-5-8-13-30)31-14-9-6-10-15-31/h5-10,12-15,17-20,32-33,39,41H,11,16,21-27H2,1-4H3. The van der Waals surface area contributed by atoms with Gasteiger partial charge in [-0.2, -0.15) is 0 Å². The number of hydrogen-bond donors (Lipinski definition) is 2. The monoisotopic (exact) mass is 572 g/mol. The number of hydrogen-bond acceptors (Lipinski definition) is 6. The molecule has 4 rings (SSSR count). The summed E-state index contributed by atoms with van der Waals surface area (Å²) in [6.45, 7) is 7.58. The predicted octanol–water partition coefficient (Wildman–Crippen LogP) is 5.53. The molecule has 3 aromatic carbocycles. The van der Waals surface area contributed by atoms with Gasteiger partial charge < -0.3 is 24.7 Å². The van der Waals surface area contributed by atoms with Gasteiger partial charge >= 0.3 is 5.97 Å². The summed E-state index contributed by atoms with van der Waals surface area (Å²) in [5, 5.41) is 23.0. The summed E-state index contributed by atoms with van der Waals surface area (Å²) in [6.07, 6.45) is 2.84. The van der Waals surface area contributed by atoms with Gasteiger partial charge in [-0.25, -0.2) is 0 Å². The van der Waals surface area contributed by atoms with Gasteiger partial charge in [0, 0.05) is 6.54 Å². The van der Waals surface area contributed by atoms with Crippen molar-refractivity contribution in [1.29, 1.82) is 0 Å². The number of ether oxygens (including phenoxy) is 1. The molecule has 1 aliphatic rings. The van der Waals surface area contributed by atoms with Crippen LogP contribution in [-0.4, -0.2) is 72.9 Å². The maximum absolute atomic E-state index is 12.7. The van der Waals surface area contributed by atoms with Crippen molar-refractivity contribution in [3.63, 3.8) is 0 Å². The van der Waals surface area contributed by atoms with Crippen LogP contribution in [-0.2, 0) is 20.5 Å². The Hall–Kier alpha value is -3.03. The molecular formula is C36H48N2O4. The van der Waals surface area contributed by atoms with Crippen LogP contribution in [0.15, 0.2) is 84.9 Å². The van der Waals surface area contributed by atoms with Crippen LogP contribution in [0.3, 0.4) is 0 Å². The second-order valence-corrected chi connectivity index (χ2v) is 12.5. The van der Waals surface area contributed by atoms with Crippen LogP contribution in [0.2, 0.25) is 0 Å².